The van der Waals surface area contributed by atoms with Gasteiger partial charge in [0.25, 0.3) is 0 Å². The van der Waals surface area contributed by atoms with Crippen molar-refractivity contribution in [3.05, 3.63) is 108 Å². The Morgan fingerprint density at radius 3 is 0.960 bits per heavy atom. The molecule has 2 aliphatic rings. The van der Waals surface area contributed by atoms with E-state index in [0.29, 0.717) is 0 Å². The highest BCUT2D eigenvalue weighted by Crippen LogP contribution is 2.46. The van der Waals surface area contributed by atoms with Gasteiger partial charge < -0.3 is 0 Å². The van der Waals surface area contributed by atoms with Crippen LogP contribution in [0.2, 0.25) is 0 Å². The Morgan fingerprint density at radius 2 is 0.600 bits per heavy atom. The van der Waals surface area contributed by atoms with Crippen LogP contribution in [0.3, 0.4) is 0 Å². The molecule has 0 N–H and O–H groups in total. The van der Waals surface area contributed by atoms with E-state index in [2.05, 4.69) is 97.1 Å². The van der Waals surface area contributed by atoms with Crippen molar-refractivity contribution in [3.63, 3.8) is 0 Å². The molecule has 4 aromatic rings. The molecule has 0 unspecified atom stereocenters. The van der Waals surface area contributed by atoms with E-state index in [9.17, 15) is 0 Å². The molecule has 4 aromatic carbocycles. The molecule has 25 heavy (non-hydrogen) atoms. The van der Waals surface area contributed by atoms with Crippen molar-refractivity contribution in [2.75, 3.05) is 0 Å². The molecular weight excluding hydrogens is 300 g/mol. The Bertz CT molecular complexity index is 929. The van der Waals surface area contributed by atoms with Crippen molar-refractivity contribution in [1.82, 2.24) is 0 Å². The fourth-order valence-electron chi connectivity index (χ4n) is 3.92. The molecule has 0 heteroatoms. The van der Waals surface area contributed by atoms with Crippen molar-refractivity contribution in [2.24, 2.45) is 0 Å². The van der Waals surface area contributed by atoms with E-state index in [-0.39, 0.29) is 0 Å². The Morgan fingerprint density at radius 1 is 0.320 bits per heavy atom. The molecule has 0 saturated heterocycles. The molecular formula is C25H18. The fraction of sp³-hybridized carbons (Fsp3) is 0.0400. The molecule has 0 nitrogen and oxygen atoms in total. The summed E-state index contributed by atoms with van der Waals surface area (Å²) in [5, 5.41) is 0. The van der Waals surface area contributed by atoms with Gasteiger partial charge in [-0.05, 0) is 50.9 Å². The minimum absolute atomic E-state index is 1.10. The van der Waals surface area contributed by atoms with Crippen LogP contribution in [-0.2, 0) is 6.42 Å². The van der Waals surface area contributed by atoms with Gasteiger partial charge in [-0.15, -0.1) is 0 Å². The summed E-state index contributed by atoms with van der Waals surface area (Å²) in [6.07, 6.45) is 1.10. The molecule has 0 fully saturated rings. The van der Waals surface area contributed by atoms with Gasteiger partial charge in [0.05, 0.1) is 0 Å². The standard InChI is InChI=1S/C13H10.C12H8/c1-3-7-12-10(5-1)9-11-6-2-4-8-13(11)12;1-2-6-10-9(5-1)11-7-3-4-8-12(10)11/h1-8H,9H2;1-8H. The van der Waals surface area contributed by atoms with Crippen LogP contribution in [0.5, 0.6) is 0 Å². The second-order valence-corrected chi connectivity index (χ2v) is 6.58. The Balaban J connectivity index is 0.000000112. The summed E-state index contributed by atoms with van der Waals surface area (Å²) in [5.41, 5.74) is 11.3. The first-order valence-electron chi connectivity index (χ1n) is 8.77. The van der Waals surface area contributed by atoms with Crippen LogP contribution in [0.4, 0.5) is 0 Å². The van der Waals surface area contributed by atoms with Gasteiger partial charge in [-0.25, -0.2) is 0 Å². The van der Waals surface area contributed by atoms with E-state index in [4.69, 9.17) is 0 Å². The number of benzene rings is 4. The SMILES string of the molecule is c1ccc2c(c1)-c1ccccc1-2.c1ccc2c(c1)Cc1ccccc1-2. The lowest BCUT2D eigenvalue weighted by molar-refractivity contribution is 1.26. The topological polar surface area (TPSA) is 0 Å². The predicted octanol–water partition coefficient (Wildman–Crippen LogP) is 6.59. The van der Waals surface area contributed by atoms with E-state index in [1.807, 2.05) is 0 Å². The van der Waals surface area contributed by atoms with Gasteiger partial charge in [0, 0.05) is 0 Å². The molecule has 0 saturated carbocycles. The normalized spacial score (nSPS) is 11.8. The highest BCUT2D eigenvalue weighted by molar-refractivity contribution is 6.02. The zero-order valence-electron chi connectivity index (χ0n) is 13.9. The summed E-state index contributed by atoms with van der Waals surface area (Å²) in [6.45, 7) is 0. The summed E-state index contributed by atoms with van der Waals surface area (Å²) in [5.74, 6) is 0. The van der Waals surface area contributed by atoms with Gasteiger partial charge in [0.1, 0.15) is 0 Å². The van der Waals surface area contributed by atoms with Crippen LogP contribution in [0.1, 0.15) is 11.1 Å². The molecule has 2 aliphatic carbocycles. The third-order valence-electron chi connectivity index (χ3n) is 5.14. The van der Waals surface area contributed by atoms with Crippen LogP contribution in [0, 0.1) is 0 Å². The van der Waals surface area contributed by atoms with Crippen LogP contribution in [0.15, 0.2) is 97.1 Å². The van der Waals surface area contributed by atoms with E-state index in [1.54, 1.807) is 0 Å². The van der Waals surface area contributed by atoms with E-state index in [0.717, 1.165) is 6.42 Å². The fourth-order valence-corrected chi connectivity index (χ4v) is 3.92. The minimum atomic E-state index is 1.10. The Labute approximate surface area is 148 Å². The average molecular weight is 318 g/mol. The first-order valence-corrected chi connectivity index (χ1v) is 8.77. The molecule has 0 aliphatic heterocycles. The average Bonchev–Trinajstić information content (AvgIpc) is 3.05. The molecule has 0 amide bonds. The van der Waals surface area contributed by atoms with Crippen molar-refractivity contribution < 1.29 is 0 Å². The van der Waals surface area contributed by atoms with E-state index >= 15 is 0 Å². The molecule has 0 spiro atoms. The van der Waals surface area contributed by atoms with Crippen molar-refractivity contribution in [2.45, 2.75) is 6.42 Å². The van der Waals surface area contributed by atoms with Crippen LogP contribution in [0.25, 0.3) is 33.4 Å². The Kier molecular flexibility index (Phi) is 3.28. The third kappa shape index (κ3) is 2.30. The maximum atomic E-state index is 2.22. The first kappa shape index (κ1) is 14.2. The number of hydrogen-bond donors (Lipinski definition) is 0. The largest absolute Gasteiger partial charge is 0.0619 e. The number of fused-ring (bicyclic) bond motifs is 7. The second-order valence-electron chi connectivity index (χ2n) is 6.58. The molecule has 0 radical (unpaired) electrons. The zero-order valence-corrected chi connectivity index (χ0v) is 13.9. The first-order chi connectivity index (χ1) is 12.4. The van der Waals surface area contributed by atoms with Gasteiger partial charge in [0.15, 0.2) is 0 Å². The highest BCUT2D eigenvalue weighted by Gasteiger charge is 2.19. The second kappa shape index (κ2) is 5.75. The van der Waals surface area contributed by atoms with E-state index in [1.165, 1.54) is 44.5 Å². The highest BCUT2D eigenvalue weighted by atomic mass is 14.2. The van der Waals surface area contributed by atoms with Gasteiger partial charge in [-0.2, -0.15) is 0 Å². The summed E-state index contributed by atoms with van der Waals surface area (Å²) < 4.78 is 0. The monoisotopic (exact) mass is 318 g/mol. The van der Waals surface area contributed by atoms with Crippen molar-refractivity contribution in [3.8, 4) is 33.4 Å². The lowest BCUT2D eigenvalue weighted by Crippen LogP contribution is -1.96. The summed E-state index contributed by atoms with van der Waals surface area (Å²) >= 11 is 0. The van der Waals surface area contributed by atoms with Crippen molar-refractivity contribution in [1.29, 1.82) is 0 Å². The van der Waals surface area contributed by atoms with Gasteiger partial charge in [-0.1, -0.05) is 97.1 Å². The number of hydrogen-bond acceptors (Lipinski definition) is 0. The molecule has 0 aromatic heterocycles. The maximum absolute atomic E-state index is 2.22. The number of rotatable bonds is 0. The summed E-state index contributed by atoms with van der Waals surface area (Å²) in [6, 6.07) is 34.4. The van der Waals surface area contributed by atoms with Gasteiger partial charge >= 0.3 is 0 Å². The van der Waals surface area contributed by atoms with Crippen LogP contribution in [-0.4, -0.2) is 0 Å². The minimum Gasteiger partial charge on any atom is -0.0619 e. The molecule has 0 bridgehead atoms. The van der Waals surface area contributed by atoms with Gasteiger partial charge in [-0.3, -0.25) is 0 Å². The van der Waals surface area contributed by atoms with Crippen LogP contribution >= 0.6 is 0 Å². The third-order valence-corrected chi connectivity index (χ3v) is 5.14. The maximum Gasteiger partial charge on any atom is -0.00135 e. The molecule has 0 heterocycles. The summed E-state index contributed by atoms with van der Waals surface area (Å²) in [4.78, 5) is 0. The lowest BCUT2D eigenvalue weighted by Gasteiger charge is -2.22. The molecule has 118 valence electrons. The molecule has 0 atom stereocenters. The van der Waals surface area contributed by atoms with Gasteiger partial charge in [0.2, 0.25) is 0 Å². The quantitative estimate of drug-likeness (QED) is 0.296. The van der Waals surface area contributed by atoms with E-state index < -0.39 is 0 Å². The zero-order chi connectivity index (χ0) is 16.6. The summed E-state index contributed by atoms with van der Waals surface area (Å²) in [7, 11) is 0. The lowest BCUT2D eigenvalue weighted by atomic mass is 9.81. The Hall–Kier alpha value is -3.12. The predicted molar refractivity (Wildman–Crippen MR) is 106 cm³/mol. The smallest absolute Gasteiger partial charge is 0.00135 e. The van der Waals surface area contributed by atoms with Crippen molar-refractivity contribution >= 4 is 0 Å². The van der Waals surface area contributed by atoms with Crippen LogP contribution < -0.4 is 0 Å². The molecule has 6 rings (SSSR count).